The van der Waals surface area contributed by atoms with Crippen LogP contribution in [0.3, 0.4) is 0 Å². The predicted octanol–water partition coefficient (Wildman–Crippen LogP) is 6.18. The number of phenolic OH excluding ortho intramolecular Hbond substituents is 2. The Hall–Kier alpha value is -4.62. The second-order valence-electron chi connectivity index (χ2n) is 10.9. The van der Waals surface area contributed by atoms with E-state index in [1.54, 1.807) is 31.4 Å². The molecule has 2 aliphatic rings. The summed E-state index contributed by atoms with van der Waals surface area (Å²) in [5, 5.41) is 33.0. The molecule has 1 aromatic heterocycles. The highest BCUT2D eigenvalue weighted by Crippen LogP contribution is 2.52. The molecule has 0 saturated heterocycles. The van der Waals surface area contributed by atoms with Crippen LogP contribution in [0, 0.1) is 0 Å². The summed E-state index contributed by atoms with van der Waals surface area (Å²) in [6, 6.07) is 21.0. The number of phenols is 2. The van der Waals surface area contributed by atoms with Crippen molar-refractivity contribution >= 4 is 10.9 Å². The summed E-state index contributed by atoms with van der Waals surface area (Å²) in [5.74, 6) is 2.07. The summed E-state index contributed by atoms with van der Waals surface area (Å²) < 4.78 is 17.7. The number of aromatic amines is 1. The molecule has 5 aromatic rings. The summed E-state index contributed by atoms with van der Waals surface area (Å²) in [7, 11) is 3.15. The van der Waals surface area contributed by atoms with E-state index in [1.807, 2.05) is 24.4 Å². The van der Waals surface area contributed by atoms with Gasteiger partial charge in [-0.2, -0.15) is 0 Å². The zero-order valence-corrected chi connectivity index (χ0v) is 22.8. The van der Waals surface area contributed by atoms with Crippen molar-refractivity contribution in [2.75, 3.05) is 14.2 Å². The monoisotopic (exact) mass is 549 g/mol. The Morgan fingerprint density at radius 3 is 2.56 bits per heavy atom. The normalized spacial score (nSPS) is 19.1. The minimum atomic E-state index is -0.801. The van der Waals surface area contributed by atoms with Gasteiger partial charge in [0.15, 0.2) is 11.5 Å². The van der Waals surface area contributed by atoms with Crippen LogP contribution in [-0.2, 0) is 19.3 Å². The van der Waals surface area contributed by atoms with Crippen LogP contribution in [0.25, 0.3) is 22.0 Å². The lowest BCUT2D eigenvalue weighted by Crippen LogP contribution is -2.32. The van der Waals surface area contributed by atoms with Crippen LogP contribution in [0.1, 0.15) is 39.8 Å². The predicted molar refractivity (Wildman–Crippen MR) is 156 cm³/mol. The number of fused-ring (bicyclic) bond motifs is 6. The van der Waals surface area contributed by atoms with Crippen molar-refractivity contribution in [3.63, 3.8) is 0 Å². The van der Waals surface area contributed by atoms with Crippen LogP contribution in [0.5, 0.6) is 28.7 Å². The van der Waals surface area contributed by atoms with Gasteiger partial charge >= 0.3 is 0 Å². The van der Waals surface area contributed by atoms with Gasteiger partial charge in [0.2, 0.25) is 0 Å². The van der Waals surface area contributed by atoms with E-state index in [2.05, 4.69) is 29.2 Å². The Morgan fingerprint density at radius 2 is 1.73 bits per heavy atom. The molecular weight excluding hydrogens is 518 g/mol. The zero-order valence-electron chi connectivity index (χ0n) is 22.8. The molecule has 7 heteroatoms. The molecule has 4 N–H and O–H groups in total. The van der Waals surface area contributed by atoms with Gasteiger partial charge in [0.25, 0.3) is 0 Å². The number of aliphatic hydroxyl groups is 1. The highest BCUT2D eigenvalue weighted by Gasteiger charge is 2.37. The Morgan fingerprint density at radius 1 is 0.878 bits per heavy atom. The summed E-state index contributed by atoms with van der Waals surface area (Å²) in [6.07, 6.45) is 2.43. The van der Waals surface area contributed by atoms with Crippen molar-refractivity contribution in [3.8, 4) is 39.9 Å². The molecule has 3 unspecified atom stereocenters. The molecule has 7 nitrogen and oxygen atoms in total. The van der Waals surface area contributed by atoms with Gasteiger partial charge in [-0.25, -0.2) is 0 Å². The van der Waals surface area contributed by atoms with Crippen molar-refractivity contribution in [1.82, 2.24) is 4.98 Å². The van der Waals surface area contributed by atoms with Crippen LogP contribution in [-0.4, -0.2) is 40.6 Å². The lowest BCUT2D eigenvalue weighted by Gasteiger charge is -2.37. The Bertz CT molecular complexity index is 1790. The minimum Gasteiger partial charge on any atom is -0.508 e. The van der Waals surface area contributed by atoms with Crippen molar-refractivity contribution in [3.05, 3.63) is 101 Å². The molecule has 1 aliphatic carbocycles. The highest BCUT2D eigenvalue weighted by molar-refractivity contribution is 5.83. The van der Waals surface area contributed by atoms with E-state index in [1.165, 1.54) is 18.1 Å². The maximum absolute atomic E-state index is 11.3. The number of aliphatic hydroxyl groups excluding tert-OH is 1. The number of ether oxygens (including phenoxy) is 3. The number of hydrogen-bond donors (Lipinski definition) is 4. The van der Waals surface area contributed by atoms with Crippen LogP contribution >= 0.6 is 0 Å². The van der Waals surface area contributed by atoms with Gasteiger partial charge in [-0.1, -0.05) is 18.2 Å². The second kappa shape index (κ2) is 9.78. The summed E-state index contributed by atoms with van der Waals surface area (Å²) in [6.45, 7) is 0. The lowest BCUT2D eigenvalue weighted by atomic mass is 9.73. The third-order valence-corrected chi connectivity index (χ3v) is 8.54. The topological polar surface area (TPSA) is 104 Å². The van der Waals surface area contributed by atoms with E-state index in [4.69, 9.17) is 14.2 Å². The minimum absolute atomic E-state index is 0.0316. The van der Waals surface area contributed by atoms with E-state index in [-0.39, 0.29) is 17.4 Å². The molecule has 0 bridgehead atoms. The van der Waals surface area contributed by atoms with Gasteiger partial charge in [-0.05, 0) is 94.4 Å². The average Bonchev–Trinajstić information content (AvgIpc) is 3.45. The molecular formula is C34H31NO6. The quantitative estimate of drug-likeness (QED) is 0.209. The number of hydrogen-bond acceptors (Lipinski definition) is 6. The second-order valence-corrected chi connectivity index (χ2v) is 10.9. The smallest absolute Gasteiger partial charge is 0.160 e. The number of benzene rings is 4. The first kappa shape index (κ1) is 25.4. The fourth-order valence-electron chi connectivity index (χ4n) is 6.60. The van der Waals surface area contributed by atoms with E-state index in [9.17, 15) is 15.3 Å². The maximum Gasteiger partial charge on any atom is 0.160 e. The van der Waals surface area contributed by atoms with Crippen LogP contribution < -0.4 is 14.2 Å². The Balaban J connectivity index is 1.32. The Labute approximate surface area is 237 Å². The molecule has 0 fully saturated rings. The summed E-state index contributed by atoms with van der Waals surface area (Å²) in [4.78, 5) is 3.26. The number of aromatic hydroxyl groups is 2. The molecule has 7 rings (SSSR count). The number of methoxy groups -OCH3 is 2. The van der Waals surface area contributed by atoms with E-state index < -0.39 is 12.2 Å². The third kappa shape index (κ3) is 4.24. The number of rotatable bonds is 5. The zero-order chi connectivity index (χ0) is 28.2. The van der Waals surface area contributed by atoms with Crippen LogP contribution in [0.2, 0.25) is 0 Å². The van der Waals surface area contributed by atoms with Gasteiger partial charge < -0.3 is 34.5 Å². The van der Waals surface area contributed by atoms with E-state index >= 15 is 0 Å². The molecule has 0 spiro atoms. The molecule has 4 aromatic carbocycles. The molecule has 3 atom stereocenters. The molecule has 41 heavy (non-hydrogen) atoms. The average molecular weight is 550 g/mol. The van der Waals surface area contributed by atoms with Crippen LogP contribution in [0.15, 0.2) is 72.9 Å². The molecule has 0 radical (unpaired) electrons. The number of nitrogens with one attached hydrogen (secondary N) is 1. The maximum atomic E-state index is 11.3. The molecule has 0 saturated carbocycles. The van der Waals surface area contributed by atoms with E-state index in [0.717, 1.165) is 39.8 Å². The third-order valence-electron chi connectivity index (χ3n) is 8.54. The fourth-order valence-corrected chi connectivity index (χ4v) is 6.60. The molecule has 1 aliphatic heterocycles. The van der Waals surface area contributed by atoms with Crippen molar-refractivity contribution < 1.29 is 29.5 Å². The van der Waals surface area contributed by atoms with Crippen molar-refractivity contribution in [1.29, 1.82) is 0 Å². The van der Waals surface area contributed by atoms with Gasteiger partial charge in [0, 0.05) is 35.3 Å². The highest BCUT2D eigenvalue weighted by atomic mass is 16.5. The fraction of sp³-hybridized carbons (Fsp3) is 0.235. The largest absolute Gasteiger partial charge is 0.508 e. The Kier molecular flexibility index (Phi) is 6.05. The lowest BCUT2D eigenvalue weighted by molar-refractivity contribution is 0.0202. The SMILES string of the molecule is COc1cc(C2Oc3cc(OC)c4c(c3CC2O)CC(Cc2ccc3[nH]ccc3c2)c2cc(O)ccc2-4)ccc1O. The standard InChI is InChI=1S/C34H31NO6/c1-39-31-14-20(4-8-28(31)37)34-29(38)16-25-26-13-21(12-18-3-7-27-19(11-18)9-10-35-27)24-15-22(36)5-6-23(24)33(26)32(40-2)17-30(25)41-34/h3-11,14-15,17,21,29,34-38H,12-13,16H2,1-2H3. The van der Waals surface area contributed by atoms with Gasteiger partial charge in [-0.3, -0.25) is 0 Å². The van der Waals surface area contributed by atoms with Gasteiger partial charge in [0.05, 0.1) is 20.3 Å². The first-order valence-corrected chi connectivity index (χ1v) is 13.8. The number of aromatic nitrogens is 1. The van der Waals surface area contributed by atoms with Gasteiger partial charge in [-0.15, -0.1) is 0 Å². The van der Waals surface area contributed by atoms with E-state index in [0.29, 0.717) is 35.7 Å². The van der Waals surface area contributed by atoms with Crippen molar-refractivity contribution in [2.45, 2.75) is 37.4 Å². The van der Waals surface area contributed by atoms with Gasteiger partial charge in [0.1, 0.15) is 23.4 Å². The van der Waals surface area contributed by atoms with Crippen molar-refractivity contribution in [2.24, 2.45) is 0 Å². The van der Waals surface area contributed by atoms with Crippen LogP contribution in [0.4, 0.5) is 0 Å². The molecule has 2 heterocycles. The summed E-state index contributed by atoms with van der Waals surface area (Å²) >= 11 is 0. The number of H-pyrrole nitrogens is 1. The molecule has 208 valence electrons. The first-order valence-electron chi connectivity index (χ1n) is 13.8. The first-order chi connectivity index (χ1) is 19.9. The molecule has 0 amide bonds. The summed E-state index contributed by atoms with van der Waals surface area (Å²) in [5.41, 5.74) is 8.20.